The van der Waals surface area contributed by atoms with E-state index in [0.29, 0.717) is 18.1 Å². The van der Waals surface area contributed by atoms with E-state index in [4.69, 9.17) is 9.84 Å². The second kappa shape index (κ2) is 7.84. The predicted molar refractivity (Wildman–Crippen MR) is 68.6 cm³/mol. The highest BCUT2D eigenvalue weighted by Gasteiger charge is 2.22. The lowest BCUT2D eigenvalue weighted by molar-refractivity contribution is -0.142. The number of amides is 1. The van der Waals surface area contributed by atoms with Crippen LogP contribution in [0, 0.1) is 0 Å². The van der Waals surface area contributed by atoms with Crippen LogP contribution in [-0.4, -0.2) is 30.2 Å². The zero-order valence-electron chi connectivity index (χ0n) is 10.2. The lowest BCUT2D eigenvalue weighted by atomic mass is 10.2. The Morgan fingerprint density at radius 2 is 2.28 bits per heavy atom. The van der Waals surface area contributed by atoms with Gasteiger partial charge in [0.2, 0.25) is 5.91 Å². The maximum absolute atomic E-state index is 11.6. The fourth-order valence-electron chi connectivity index (χ4n) is 1.35. The number of nitrogens with one attached hydrogen (secondary N) is 1. The maximum atomic E-state index is 11.6. The summed E-state index contributed by atoms with van der Waals surface area (Å²) < 4.78 is 5.18. The molecule has 0 saturated heterocycles. The predicted octanol–water partition coefficient (Wildman–Crippen LogP) is 1.81. The van der Waals surface area contributed by atoms with Gasteiger partial charge in [-0.15, -0.1) is 11.3 Å². The first-order chi connectivity index (χ1) is 8.65. The molecule has 0 saturated carbocycles. The Hall–Kier alpha value is -1.40. The molecule has 18 heavy (non-hydrogen) atoms. The van der Waals surface area contributed by atoms with Crippen LogP contribution in [0.2, 0.25) is 0 Å². The third-order valence-corrected chi connectivity index (χ3v) is 3.14. The topological polar surface area (TPSA) is 75.6 Å². The highest BCUT2D eigenvalue weighted by atomic mass is 32.1. The molecule has 1 aromatic rings. The smallest absolute Gasteiger partial charge is 0.331 e. The van der Waals surface area contributed by atoms with Crippen molar-refractivity contribution in [2.45, 2.75) is 25.8 Å². The number of carboxylic acids is 1. The van der Waals surface area contributed by atoms with Crippen molar-refractivity contribution in [2.24, 2.45) is 0 Å². The van der Waals surface area contributed by atoms with Gasteiger partial charge in [-0.1, -0.05) is 13.0 Å². The number of thiophene rings is 1. The van der Waals surface area contributed by atoms with Gasteiger partial charge in [0.05, 0.1) is 6.61 Å². The van der Waals surface area contributed by atoms with Crippen molar-refractivity contribution in [2.75, 3.05) is 13.2 Å². The molecule has 1 unspecified atom stereocenters. The van der Waals surface area contributed by atoms with Crippen LogP contribution in [0.25, 0.3) is 0 Å². The molecule has 1 atom stereocenters. The lowest BCUT2D eigenvalue weighted by Gasteiger charge is -2.12. The molecule has 0 aliphatic heterocycles. The summed E-state index contributed by atoms with van der Waals surface area (Å²) in [6, 6.07) is 2.48. The number of hydrogen-bond acceptors (Lipinski definition) is 4. The normalized spacial score (nSPS) is 12.1. The molecule has 1 aromatic heterocycles. The molecule has 2 N–H and O–H groups in total. The lowest BCUT2D eigenvalue weighted by Crippen LogP contribution is -2.33. The summed E-state index contributed by atoms with van der Waals surface area (Å²) in [5.74, 6) is -1.37. The Bertz CT molecular complexity index is 377. The van der Waals surface area contributed by atoms with Crippen LogP contribution in [0.5, 0.6) is 0 Å². The van der Waals surface area contributed by atoms with Gasteiger partial charge >= 0.3 is 5.97 Å². The number of carbonyl (C=O) groups is 2. The van der Waals surface area contributed by atoms with E-state index in [0.717, 1.165) is 6.42 Å². The number of aliphatic carboxylic acids is 1. The van der Waals surface area contributed by atoms with E-state index in [-0.39, 0.29) is 12.3 Å². The van der Waals surface area contributed by atoms with Gasteiger partial charge < -0.3 is 15.2 Å². The minimum Gasteiger partial charge on any atom is -0.479 e. The van der Waals surface area contributed by atoms with Gasteiger partial charge in [-0.3, -0.25) is 4.79 Å². The zero-order chi connectivity index (χ0) is 13.4. The van der Waals surface area contributed by atoms with Gasteiger partial charge in [-0.05, 0) is 17.9 Å². The monoisotopic (exact) mass is 271 g/mol. The van der Waals surface area contributed by atoms with E-state index >= 15 is 0 Å². The van der Waals surface area contributed by atoms with Crippen molar-refractivity contribution in [3.05, 3.63) is 22.4 Å². The number of ether oxygens (including phenoxy) is 1. The van der Waals surface area contributed by atoms with Gasteiger partial charge in [-0.2, -0.15) is 0 Å². The number of hydrogen-bond donors (Lipinski definition) is 2. The molecule has 100 valence electrons. The van der Waals surface area contributed by atoms with Gasteiger partial charge in [0.1, 0.15) is 0 Å². The largest absolute Gasteiger partial charge is 0.479 e. The second-order valence-electron chi connectivity index (χ2n) is 3.72. The summed E-state index contributed by atoms with van der Waals surface area (Å²) in [5.41, 5.74) is 0. The minimum absolute atomic E-state index is 0.176. The Balaban J connectivity index is 2.42. The molecule has 6 heteroatoms. The molecule has 5 nitrogen and oxygen atoms in total. The van der Waals surface area contributed by atoms with Gasteiger partial charge in [0.25, 0.3) is 0 Å². The van der Waals surface area contributed by atoms with E-state index < -0.39 is 12.0 Å². The Morgan fingerprint density at radius 3 is 2.83 bits per heavy atom. The summed E-state index contributed by atoms with van der Waals surface area (Å²) in [5, 5.41) is 13.3. The fraction of sp³-hybridized carbons (Fsp3) is 0.500. The van der Waals surface area contributed by atoms with E-state index in [1.807, 2.05) is 6.92 Å². The van der Waals surface area contributed by atoms with Crippen LogP contribution in [0.4, 0.5) is 0 Å². The molecule has 0 fully saturated rings. The molecule has 0 spiro atoms. The third-order valence-electron chi connectivity index (χ3n) is 2.20. The van der Waals surface area contributed by atoms with Crippen molar-refractivity contribution in [3.8, 4) is 0 Å². The summed E-state index contributed by atoms with van der Waals surface area (Å²) in [7, 11) is 0. The molecule has 0 aliphatic rings. The Kier molecular flexibility index (Phi) is 6.38. The third kappa shape index (κ3) is 4.85. The van der Waals surface area contributed by atoms with Crippen molar-refractivity contribution >= 4 is 23.2 Å². The summed E-state index contributed by atoms with van der Waals surface area (Å²) in [6.07, 6.45) is 1.07. The maximum Gasteiger partial charge on any atom is 0.331 e. The quantitative estimate of drug-likeness (QED) is 0.707. The average Bonchev–Trinajstić information content (AvgIpc) is 2.85. The van der Waals surface area contributed by atoms with Crippen molar-refractivity contribution in [1.29, 1.82) is 0 Å². The standard InChI is InChI=1S/C12H17NO4S/c1-2-6-17-7-5-10(14)13-11(12(15)16)9-4-3-8-18-9/h3-4,8,11H,2,5-7H2,1H3,(H,13,14)(H,15,16). The second-order valence-corrected chi connectivity index (χ2v) is 4.70. The SMILES string of the molecule is CCCOCCC(=O)NC(C(=O)O)c1cccs1. The summed E-state index contributed by atoms with van der Waals surface area (Å²) >= 11 is 1.31. The molecule has 1 heterocycles. The van der Waals surface area contributed by atoms with Crippen LogP contribution < -0.4 is 5.32 Å². The first-order valence-corrected chi connectivity index (χ1v) is 6.66. The number of carbonyl (C=O) groups excluding carboxylic acids is 1. The first-order valence-electron chi connectivity index (χ1n) is 5.78. The van der Waals surface area contributed by atoms with Crippen LogP contribution >= 0.6 is 11.3 Å². The van der Waals surface area contributed by atoms with Crippen LogP contribution in [0.15, 0.2) is 17.5 Å². The number of rotatable bonds is 8. The van der Waals surface area contributed by atoms with E-state index in [1.54, 1.807) is 17.5 Å². The zero-order valence-corrected chi connectivity index (χ0v) is 11.0. The van der Waals surface area contributed by atoms with Crippen LogP contribution in [-0.2, 0) is 14.3 Å². The van der Waals surface area contributed by atoms with Gasteiger partial charge in [0, 0.05) is 17.9 Å². The first kappa shape index (κ1) is 14.7. The average molecular weight is 271 g/mol. The Labute approximate surface area is 110 Å². The molecule has 1 rings (SSSR count). The molecule has 1 amide bonds. The highest BCUT2D eigenvalue weighted by Crippen LogP contribution is 2.19. The van der Waals surface area contributed by atoms with Crippen molar-refractivity contribution in [1.82, 2.24) is 5.32 Å². The molecule has 0 aromatic carbocycles. The van der Waals surface area contributed by atoms with Crippen molar-refractivity contribution in [3.63, 3.8) is 0 Å². The molecule has 0 radical (unpaired) electrons. The highest BCUT2D eigenvalue weighted by molar-refractivity contribution is 7.10. The minimum atomic E-state index is -1.06. The Morgan fingerprint density at radius 1 is 1.50 bits per heavy atom. The van der Waals surface area contributed by atoms with E-state index in [1.165, 1.54) is 11.3 Å². The fourth-order valence-corrected chi connectivity index (χ4v) is 2.12. The summed E-state index contributed by atoms with van der Waals surface area (Å²) in [4.78, 5) is 23.3. The number of carboxylic acid groups (broad SMARTS) is 1. The van der Waals surface area contributed by atoms with E-state index in [9.17, 15) is 9.59 Å². The molecule has 0 aliphatic carbocycles. The van der Waals surface area contributed by atoms with E-state index in [2.05, 4.69) is 5.32 Å². The molecular formula is C12H17NO4S. The van der Waals surface area contributed by atoms with Gasteiger partial charge in [-0.25, -0.2) is 4.79 Å². The van der Waals surface area contributed by atoms with Crippen molar-refractivity contribution < 1.29 is 19.4 Å². The molecule has 0 bridgehead atoms. The van der Waals surface area contributed by atoms with Crippen LogP contribution in [0.3, 0.4) is 0 Å². The molecular weight excluding hydrogens is 254 g/mol. The van der Waals surface area contributed by atoms with Gasteiger partial charge in [0.15, 0.2) is 6.04 Å². The van der Waals surface area contributed by atoms with Crippen LogP contribution in [0.1, 0.15) is 30.7 Å². The summed E-state index contributed by atoms with van der Waals surface area (Å²) in [6.45, 7) is 2.91.